The van der Waals surface area contributed by atoms with Crippen molar-refractivity contribution < 1.29 is 19.0 Å². The van der Waals surface area contributed by atoms with E-state index in [-0.39, 0.29) is 5.88 Å². The van der Waals surface area contributed by atoms with Crippen LogP contribution in [0.3, 0.4) is 0 Å². The van der Waals surface area contributed by atoms with Crippen molar-refractivity contribution in [2.24, 2.45) is 4.99 Å². The van der Waals surface area contributed by atoms with Crippen LogP contribution in [0.25, 0.3) is 11.1 Å². The standard InChI is InChI=1S/C22H19ClN6O3/c1-14-19(11-24-22(25-14)31-2)16-8-6-15(7-9-16)12-29-13-20(32-28-29)27-21(30)26-18-5-3-4-17(23)10-18/h3-11,13H,12H2,1-2H3,(H-,26,27,28,30). The SMILES string of the molecule is COc1ncc(-c2ccc(C[n+]3cc(N=C([O-])Nc4cccc(Cl)c4)on3)cc2)c(C)n1. The molecule has 4 rings (SSSR count). The highest BCUT2D eigenvalue weighted by Crippen LogP contribution is 2.23. The van der Waals surface area contributed by atoms with Gasteiger partial charge in [0, 0.05) is 28.0 Å². The molecule has 0 unspecified atom stereocenters. The summed E-state index contributed by atoms with van der Waals surface area (Å²) in [6, 6.07) is 14.5. The fraction of sp³-hybridized carbons (Fsp3) is 0.136. The molecule has 2 aromatic heterocycles. The maximum atomic E-state index is 12.1. The number of aryl methyl sites for hydroxylation is 1. The van der Waals surface area contributed by atoms with Gasteiger partial charge in [0.25, 0.3) is 6.20 Å². The maximum absolute atomic E-state index is 12.1. The highest BCUT2D eigenvalue weighted by Gasteiger charge is 2.13. The number of nitrogens with zero attached hydrogens (tertiary/aromatic N) is 5. The Kier molecular flexibility index (Phi) is 6.27. The van der Waals surface area contributed by atoms with Crippen LogP contribution in [0.4, 0.5) is 11.6 Å². The van der Waals surface area contributed by atoms with Crippen LogP contribution in [0.1, 0.15) is 11.3 Å². The van der Waals surface area contributed by atoms with Crippen molar-refractivity contribution in [1.29, 1.82) is 0 Å². The Morgan fingerprint density at radius 2 is 2.06 bits per heavy atom. The Bertz CT molecular complexity index is 1260. The molecule has 32 heavy (non-hydrogen) atoms. The van der Waals surface area contributed by atoms with E-state index in [2.05, 4.69) is 25.5 Å². The van der Waals surface area contributed by atoms with Gasteiger partial charge in [-0.05, 0) is 35.4 Å². The van der Waals surface area contributed by atoms with Crippen molar-refractivity contribution in [1.82, 2.24) is 15.2 Å². The monoisotopic (exact) mass is 450 g/mol. The zero-order chi connectivity index (χ0) is 22.5. The van der Waals surface area contributed by atoms with E-state index >= 15 is 0 Å². The number of ether oxygens (including phenoxy) is 1. The molecule has 0 saturated carbocycles. The summed E-state index contributed by atoms with van der Waals surface area (Å²) >= 11 is 5.91. The first-order valence-electron chi connectivity index (χ1n) is 9.62. The van der Waals surface area contributed by atoms with Crippen LogP contribution < -0.4 is 19.8 Å². The van der Waals surface area contributed by atoms with Crippen LogP contribution >= 0.6 is 11.6 Å². The molecule has 0 fully saturated rings. The van der Waals surface area contributed by atoms with E-state index in [0.717, 1.165) is 22.4 Å². The molecule has 0 radical (unpaired) electrons. The Morgan fingerprint density at radius 3 is 2.78 bits per heavy atom. The lowest BCUT2D eigenvalue weighted by atomic mass is 10.0. The van der Waals surface area contributed by atoms with Crippen molar-refractivity contribution in [2.75, 3.05) is 12.4 Å². The van der Waals surface area contributed by atoms with Crippen LogP contribution in [0.5, 0.6) is 6.01 Å². The lowest BCUT2D eigenvalue weighted by Gasteiger charge is -2.11. The van der Waals surface area contributed by atoms with E-state index < -0.39 is 6.02 Å². The molecule has 0 atom stereocenters. The second-order valence-electron chi connectivity index (χ2n) is 6.84. The number of amidine groups is 1. The van der Waals surface area contributed by atoms with Gasteiger partial charge in [-0.3, -0.25) is 4.52 Å². The van der Waals surface area contributed by atoms with Gasteiger partial charge in [0.2, 0.25) is 11.8 Å². The smallest absolute Gasteiger partial charge is 0.322 e. The van der Waals surface area contributed by atoms with Gasteiger partial charge in [-0.2, -0.15) is 4.98 Å². The first-order valence-corrected chi connectivity index (χ1v) is 9.99. The summed E-state index contributed by atoms with van der Waals surface area (Å²) in [5.74, 6) is 0.0900. The quantitative estimate of drug-likeness (QED) is 0.273. The number of methoxy groups -OCH3 is 1. The number of anilines is 1. The summed E-state index contributed by atoms with van der Waals surface area (Å²) < 4.78 is 11.7. The molecular weight excluding hydrogens is 432 g/mol. The highest BCUT2D eigenvalue weighted by atomic mass is 35.5. The van der Waals surface area contributed by atoms with E-state index in [4.69, 9.17) is 20.9 Å². The van der Waals surface area contributed by atoms with Crippen LogP contribution in [-0.2, 0) is 6.54 Å². The van der Waals surface area contributed by atoms with E-state index in [1.54, 1.807) is 41.3 Å². The molecule has 0 saturated heterocycles. The molecule has 162 valence electrons. The molecule has 2 aromatic carbocycles. The van der Waals surface area contributed by atoms with Gasteiger partial charge in [-0.25, -0.2) is 9.98 Å². The molecule has 2 heterocycles. The van der Waals surface area contributed by atoms with Gasteiger partial charge in [0.05, 0.1) is 18.8 Å². The Labute approximate surface area is 189 Å². The number of halogens is 1. The number of hydrogen-bond acceptors (Lipinski definition) is 7. The summed E-state index contributed by atoms with van der Waals surface area (Å²) in [6.07, 6.45) is 3.29. The first-order chi connectivity index (χ1) is 15.5. The molecule has 4 aromatic rings. The van der Waals surface area contributed by atoms with Crippen LogP contribution in [-0.4, -0.2) is 28.4 Å². The fourth-order valence-corrected chi connectivity index (χ4v) is 3.21. The average Bonchev–Trinajstić information content (AvgIpc) is 3.20. The van der Waals surface area contributed by atoms with E-state index in [0.29, 0.717) is 23.3 Å². The number of aromatic nitrogens is 4. The predicted octanol–water partition coefficient (Wildman–Crippen LogP) is 2.90. The molecule has 0 bridgehead atoms. The molecule has 9 nitrogen and oxygen atoms in total. The first kappa shape index (κ1) is 21.3. The maximum Gasteiger partial charge on any atom is 0.322 e. The third-order valence-electron chi connectivity index (χ3n) is 4.54. The predicted molar refractivity (Wildman–Crippen MR) is 117 cm³/mol. The summed E-state index contributed by atoms with van der Waals surface area (Å²) in [5.41, 5.74) is 4.29. The zero-order valence-electron chi connectivity index (χ0n) is 17.3. The Hall–Kier alpha value is -3.98. The van der Waals surface area contributed by atoms with Gasteiger partial charge in [0.1, 0.15) is 0 Å². The van der Waals surface area contributed by atoms with E-state index in [1.807, 2.05) is 31.2 Å². The molecule has 1 N–H and O–H groups in total. The van der Waals surface area contributed by atoms with Crippen LogP contribution in [0.2, 0.25) is 5.02 Å². The second kappa shape index (κ2) is 9.44. The van der Waals surface area contributed by atoms with Crippen molar-refractivity contribution in [3.63, 3.8) is 0 Å². The van der Waals surface area contributed by atoms with E-state index in [9.17, 15) is 5.11 Å². The zero-order valence-corrected chi connectivity index (χ0v) is 18.1. The number of nitrogens with one attached hydrogen (secondary N) is 1. The number of benzene rings is 2. The average molecular weight is 451 g/mol. The normalized spacial score (nSPS) is 11.4. The highest BCUT2D eigenvalue weighted by molar-refractivity contribution is 6.30. The molecule has 0 aliphatic carbocycles. The summed E-state index contributed by atoms with van der Waals surface area (Å²) in [4.78, 5) is 12.3. The minimum Gasteiger partial charge on any atom is -0.846 e. The molecule has 0 amide bonds. The lowest BCUT2D eigenvalue weighted by Crippen LogP contribution is -2.35. The van der Waals surface area contributed by atoms with E-state index in [1.165, 1.54) is 7.11 Å². The minimum absolute atomic E-state index is 0.0900. The van der Waals surface area contributed by atoms with Crippen molar-refractivity contribution >= 4 is 29.2 Å². The van der Waals surface area contributed by atoms with Gasteiger partial charge < -0.3 is 15.2 Å². The van der Waals surface area contributed by atoms with Gasteiger partial charge in [-0.1, -0.05) is 41.9 Å². The molecule has 0 aliphatic rings. The summed E-state index contributed by atoms with van der Waals surface area (Å²) in [7, 11) is 1.54. The van der Waals surface area contributed by atoms with Crippen molar-refractivity contribution in [3.8, 4) is 17.1 Å². The summed E-state index contributed by atoms with van der Waals surface area (Å²) in [6.45, 7) is 2.36. The van der Waals surface area contributed by atoms with Crippen molar-refractivity contribution in [3.05, 3.63) is 77.2 Å². The molecule has 10 heteroatoms. The summed E-state index contributed by atoms with van der Waals surface area (Å²) in [5, 5.41) is 19.1. The number of hydrogen-bond donors (Lipinski definition) is 1. The Balaban J connectivity index is 1.42. The van der Waals surface area contributed by atoms with Crippen LogP contribution in [0, 0.1) is 6.92 Å². The topological polar surface area (TPSA) is 112 Å². The van der Waals surface area contributed by atoms with Gasteiger partial charge >= 0.3 is 11.9 Å². The number of aliphatic imine (C=N–C) groups is 1. The van der Waals surface area contributed by atoms with Gasteiger partial charge in [0.15, 0.2) is 0 Å². The van der Waals surface area contributed by atoms with Gasteiger partial charge in [-0.15, -0.1) is 0 Å². The van der Waals surface area contributed by atoms with Crippen molar-refractivity contribution in [2.45, 2.75) is 13.5 Å². The minimum atomic E-state index is -0.586. The Morgan fingerprint density at radius 1 is 1.25 bits per heavy atom. The fourth-order valence-electron chi connectivity index (χ4n) is 3.01. The lowest BCUT2D eigenvalue weighted by molar-refractivity contribution is -0.754. The largest absolute Gasteiger partial charge is 0.846 e. The second-order valence-corrected chi connectivity index (χ2v) is 7.28. The molecule has 0 spiro atoms. The third kappa shape index (κ3) is 5.19. The molecule has 0 aliphatic heterocycles. The number of rotatable bonds is 6. The third-order valence-corrected chi connectivity index (χ3v) is 4.77. The molecular formula is C22H19ClN6O3. The van der Waals surface area contributed by atoms with Crippen LogP contribution in [0.15, 0.2) is 70.4 Å².